The van der Waals surface area contributed by atoms with Crippen LogP contribution in [-0.2, 0) is 11.0 Å². The highest BCUT2D eigenvalue weighted by Crippen LogP contribution is 2.31. The molecule has 4 rings (SSSR count). The molecule has 0 radical (unpaired) electrons. The van der Waals surface area contributed by atoms with Gasteiger partial charge >= 0.3 is 6.18 Å². The lowest BCUT2D eigenvalue weighted by atomic mass is 9.92. The van der Waals surface area contributed by atoms with Crippen LogP contribution in [0.3, 0.4) is 0 Å². The smallest absolute Gasteiger partial charge is 0.367 e. The van der Waals surface area contributed by atoms with Crippen molar-refractivity contribution in [2.24, 2.45) is 0 Å². The summed E-state index contributed by atoms with van der Waals surface area (Å²) in [5.41, 5.74) is -0.947. The Bertz CT molecular complexity index is 1150. The van der Waals surface area contributed by atoms with E-state index in [1.807, 2.05) is 16.1 Å². The number of amides is 2. The van der Waals surface area contributed by atoms with Crippen LogP contribution in [0.2, 0.25) is 0 Å². The van der Waals surface area contributed by atoms with Gasteiger partial charge in [0.25, 0.3) is 11.5 Å². The summed E-state index contributed by atoms with van der Waals surface area (Å²) in [5.74, 6) is -0.334. The first-order valence-corrected chi connectivity index (χ1v) is 12.3. The molecule has 2 aromatic heterocycles. The second kappa shape index (κ2) is 11.3. The molecule has 0 aliphatic carbocycles. The molecule has 2 fully saturated rings. The molecular formula is C24H30F3N7O3. The van der Waals surface area contributed by atoms with Crippen molar-refractivity contribution in [3.8, 4) is 0 Å². The standard InChI is InChI=1S/C24H30F3N7O3/c1-28-23(37)19-3-2-17(15-29-19)33-10-12-34(13-11-33)21(35)6-9-32-7-4-16(5-8-32)20-14-18(24(25,26)27)22(36)31-30-20/h2-3,14-16H,4-13H2,1H3,(H,28,37)(H,31,36). The van der Waals surface area contributed by atoms with Gasteiger partial charge in [0.1, 0.15) is 11.3 Å². The van der Waals surface area contributed by atoms with Crippen LogP contribution in [0, 0.1) is 0 Å². The quantitative estimate of drug-likeness (QED) is 0.592. The van der Waals surface area contributed by atoms with Gasteiger partial charge in [0, 0.05) is 52.1 Å². The molecule has 10 nitrogen and oxygen atoms in total. The van der Waals surface area contributed by atoms with E-state index in [9.17, 15) is 27.6 Å². The molecule has 0 saturated carbocycles. The Morgan fingerprint density at radius 3 is 2.41 bits per heavy atom. The van der Waals surface area contributed by atoms with Gasteiger partial charge in [-0.1, -0.05) is 0 Å². The summed E-state index contributed by atoms with van der Waals surface area (Å²) in [7, 11) is 1.55. The van der Waals surface area contributed by atoms with Crippen LogP contribution >= 0.6 is 0 Å². The number of hydrogen-bond donors (Lipinski definition) is 2. The maximum Gasteiger partial charge on any atom is 0.421 e. The largest absolute Gasteiger partial charge is 0.421 e. The number of piperidine rings is 1. The van der Waals surface area contributed by atoms with Crippen LogP contribution in [0.4, 0.5) is 18.9 Å². The Kier molecular flexibility index (Phi) is 8.10. The fourth-order valence-corrected chi connectivity index (χ4v) is 4.75. The molecule has 2 amide bonds. The van der Waals surface area contributed by atoms with Gasteiger partial charge in [-0.15, -0.1) is 0 Å². The fraction of sp³-hybridized carbons (Fsp3) is 0.542. The van der Waals surface area contributed by atoms with Crippen molar-refractivity contribution in [2.45, 2.75) is 31.4 Å². The zero-order valence-electron chi connectivity index (χ0n) is 20.6. The third kappa shape index (κ3) is 6.45. The van der Waals surface area contributed by atoms with E-state index >= 15 is 0 Å². The normalized spacial score (nSPS) is 17.6. The monoisotopic (exact) mass is 521 g/mol. The highest BCUT2D eigenvalue weighted by molar-refractivity contribution is 5.92. The number of likely N-dealkylation sites (tertiary alicyclic amines) is 1. The Balaban J connectivity index is 1.20. The van der Waals surface area contributed by atoms with E-state index in [-0.39, 0.29) is 23.4 Å². The predicted octanol–water partition coefficient (Wildman–Crippen LogP) is 1.46. The number of piperazine rings is 1. The topological polar surface area (TPSA) is 115 Å². The van der Waals surface area contributed by atoms with Gasteiger partial charge in [0.15, 0.2) is 0 Å². The van der Waals surface area contributed by atoms with Crippen LogP contribution < -0.4 is 15.8 Å². The third-order valence-electron chi connectivity index (χ3n) is 6.98. The van der Waals surface area contributed by atoms with Gasteiger partial charge in [-0.25, -0.2) is 10.1 Å². The zero-order valence-corrected chi connectivity index (χ0v) is 20.6. The highest BCUT2D eigenvalue weighted by Gasteiger charge is 2.35. The highest BCUT2D eigenvalue weighted by atomic mass is 19.4. The number of halogens is 3. The van der Waals surface area contributed by atoms with E-state index in [4.69, 9.17) is 0 Å². The molecule has 2 N–H and O–H groups in total. The summed E-state index contributed by atoms with van der Waals surface area (Å²) in [6.45, 7) is 4.41. The van der Waals surface area contributed by atoms with E-state index in [0.29, 0.717) is 70.8 Å². The van der Waals surface area contributed by atoms with Crippen LogP contribution in [0.5, 0.6) is 0 Å². The number of carbonyl (C=O) groups is 2. The van der Waals surface area contributed by atoms with Crippen molar-refractivity contribution >= 4 is 17.5 Å². The molecular weight excluding hydrogens is 491 g/mol. The van der Waals surface area contributed by atoms with Crippen LogP contribution in [-0.4, -0.2) is 89.7 Å². The number of pyridine rings is 1. The molecule has 0 spiro atoms. The molecule has 2 aliphatic heterocycles. The molecule has 13 heteroatoms. The Morgan fingerprint density at radius 1 is 1.11 bits per heavy atom. The van der Waals surface area contributed by atoms with Crippen molar-refractivity contribution < 1.29 is 22.8 Å². The number of alkyl halides is 3. The molecule has 37 heavy (non-hydrogen) atoms. The Morgan fingerprint density at radius 2 is 1.81 bits per heavy atom. The maximum atomic E-state index is 13.0. The minimum Gasteiger partial charge on any atom is -0.367 e. The summed E-state index contributed by atoms with van der Waals surface area (Å²) < 4.78 is 39.1. The lowest BCUT2D eigenvalue weighted by molar-refractivity contribution is -0.139. The maximum absolute atomic E-state index is 13.0. The molecule has 2 saturated heterocycles. The summed E-state index contributed by atoms with van der Waals surface area (Å²) in [6.07, 6.45) is -1.46. The molecule has 2 aliphatic rings. The molecule has 2 aromatic rings. The second-order valence-electron chi connectivity index (χ2n) is 9.25. The van der Waals surface area contributed by atoms with E-state index in [2.05, 4.69) is 25.2 Å². The SMILES string of the molecule is CNC(=O)c1ccc(N2CCN(C(=O)CCN3CCC(c4cc(C(F)(F)F)c(=O)[nH]n4)CC3)CC2)cn1. The summed E-state index contributed by atoms with van der Waals surface area (Å²) in [4.78, 5) is 46.2. The number of nitrogens with one attached hydrogen (secondary N) is 2. The number of aromatic nitrogens is 3. The minimum absolute atomic E-state index is 0.0759. The fourth-order valence-electron chi connectivity index (χ4n) is 4.75. The van der Waals surface area contributed by atoms with Gasteiger partial charge in [-0.3, -0.25) is 14.4 Å². The predicted molar refractivity (Wildman–Crippen MR) is 129 cm³/mol. The van der Waals surface area contributed by atoms with Crippen molar-refractivity contribution in [3.05, 3.63) is 51.7 Å². The molecule has 0 bridgehead atoms. The van der Waals surface area contributed by atoms with Gasteiger partial charge in [0.05, 0.1) is 17.6 Å². The lowest BCUT2D eigenvalue weighted by Gasteiger charge is -2.37. The first-order valence-electron chi connectivity index (χ1n) is 12.3. The average molecular weight is 522 g/mol. The molecule has 0 unspecified atom stereocenters. The van der Waals surface area contributed by atoms with Gasteiger partial charge < -0.3 is 20.0 Å². The van der Waals surface area contributed by atoms with E-state index in [1.165, 1.54) is 0 Å². The number of hydrogen-bond acceptors (Lipinski definition) is 7. The minimum atomic E-state index is -4.72. The van der Waals surface area contributed by atoms with Crippen molar-refractivity contribution in [1.82, 2.24) is 30.3 Å². The first kappa shape index (κ1) is 26.6. The summed E-state index contributed by atoms with van der Waals surface area (Å²) >= 11 is 0. The molecule has 200 valence electrons. The number of aromatic amines is 1. The van der Waals surface area contributed by atoms with E-state index in [1.54, 1.807) is 19.3 Å². The summed E-state index contributed by atoms with van der Waals surface area (Å²) in [6, 6.07) is 4.39. The molecule has 0 aromatic carbocycles. The number of nitrogens with zero attached hydrogens (tertiary/aromatic N) is 5. The van der Waals surface area contributed by atoms with E-state index < -0.39 is 17.3 Å². The first-order chi connectivity index (χ1) is 17.7. The number of carbonyl (C=O) groups excluding carboxylic acids is 2. The van der Waals surface area contributed by atoms with Gasteiger partial charge in [-0.2, -0.15) is 18.3 Å². The average Bonchev–Trinajstić information content (AvgIpc) is 2.91. The summed E-state index contributed by atoms with van der Waals surface area (Å²) in [5, 5.41) is 8.35. The van der Waals surface area contributed by atoms with Crippen molar-refractivity contribution in [2.75, 3.05) is 57.8 Å². The lowest BCUT2D eigenvalue weighted by Crippen LogP contribution is -2.49. The van der Waals surface area contributed by atoms with Crippen molar-refractivity contribution in [1.29, 1.82) is 0 Å². The molecule has 0 atom stereocenters. The number of H-pyrrole nitrogens is 1. The van der Waals surface area contributed by atoms with Crippen LogP contribution in [0.1, 0.15) is 46.9 Å². The second-order valence-corrected chi connectivity index (χ2v) is 9.25. The third-order valence-corrected chi connectivity index (χ3v) is 6.98. The van der Waals surface area contributed by atoms with Gasteiger partial charge in [-0.05, 0) is 44.1 Å². The van der Waals surface area contributed by atoms with Crippen LogP contribution in [0.15, 0.2) is 29.2 Å². The number of anilines is 1. The zero-order chi connectivity index (χ0) is 26.6. The Hall–Kier alpha value is -3.48. The van der Waals surface area contributed by atoms with Crippen molar-refractivity contribution in [3.63, 3.8) is 0 Å². The molecule has 4 heterocycles. The van der Waals surface area contributed by atoms with E-state index in [0.717, 1.165) is 11.8 Å². The number of rotatable bonds is 6. The van der Waals surface area contributed by atoms with Crippen LogP contribution in [0.25, 0.3) is 0 Å². The van der Waals surface area contributed by atoms with Gasteiger partial charge in [0.2, 0.25) is 5.91 Å². The Labute approximate surface area is 211 Å².